The number of aliphatic hydroxyl groups is 2. The van der Waals surface area contributed by atoms with Crippen LogP contribution >= 0.6 is 0 Å². The molecule has 3 N–H and O–H groups in total. The fourth-order valence-corrected chi connectivity index (χ4v) is 11.6. The summed E-state index contributed by atoms with van der Waals surface area (Å²) < 4.78 is 25.1. The highest BCUT2D eigenvalue weighted by molar-refractivity contribution is 6.00. The summed E-state index contributed by atoms with van der Waals surface area (Å²) in [5, 5.41) is 28.4. The van der Waals surface area contributed by atoms with Gasteiger partial charge in [-0.05, 0) is 44.4 Å². The van der Waals surface area contributed by atoms with Crippen molar-refractivity contribution in [3.63, 3.8) is 0 Å². The third-order valence-electron chi connectivity index (χ3n) is 12.6. The number of fused-ring (bicyclic) bond motifs is 2. The Balaban J connectivity index is 1.38. The summed E-state index contributed by atoms with van der Waals surface area (Å²) in [7, 11) is 5.05. The van der Waals surface area contributed by atoms with Gasteiger partial charge in [0.05, 0.1) is 29.6 Å². The smallest absolute Gasteiger partial charge is 0.340 e. The topological polar surface area (TPSA) is 127 Å². The number of ether oxygens (including phenoxy) is 4. The van der Waals surface area contributed by atoms with Crippen molar-refractivity contribution in [1.82, 2.24) is 4.90 Å². The van der Waals surface area contributed by atoms with Crippen LogP contribution in [0.2, 0.25) is 0 Å². The molecular weight excluding hydrogens is 540 g/mol. The normalized spacial score (nSPS) is 48.2. The lowest BCUT2D eigenvalue weighted by Crippen LogP contribution is -2.83. The highest BCUT2D eigenvalue weighted by atomic mass is 16.6. The van der Waals surface area contributed by atoms with E-state index < -0.39 is 34.3 Å². The van der Waals surface area contributed by atoms with Crippen LogP contribution in [0.1, 0.15) is 56.3 Å². The number of benzene rings is 1. The Bertz CT molecular complexity index is 1290. The van der Waals surface area contributed by atoms with Crippen molar-refractivity contribution in [3.05, 3.63) is 29.8 Å². The zero-order valence-electron chi connectivity index (χ0n) is 25.2. The molecule has 1 heterocycles. The summed E-state index contributed by atoms with van der Waals surface area (Å²) >= 11 is 0. The zero-order chi connectivity index (χ0) is 29.8. The summed E-state index contributed by atoms with van der Waals surface area (Å²) in [5.74, 6) is -1.54. The monoisotopic (exact) mass is 584 g/mol. The second kappa shape index (κ2) is 9.46. The van der Waals surface area contributed by atoms with E-state index >= 15 is 0 Å². The number of amides is 1. The van der Waals surface area contributed by atoms with E-state index in [0.29, 0.717) is 56.4 Å². The van der Waals surface area contributed by atoms with E-state index in [4.69, 9.17) is 18.9 Å². The molecule has 4 unspecified atom stereocenters. The number of likely N-dealkylation sites (N-methyl/N-ethyl adjacent to an activating group) is 1. The Hall–Kier alpha value is -2.08. The number of likely N-dealkylation sites (tertiary alicyclic amines) is 1. The molecule has 1 aromatic carbocycles. The summed E-state index contributed by atoms with van der Waals surface area (Å²) in [5.41, 5.74) is -3.57. The molecule has 42 heavy (non-hydrogen) atoms. The lowest BCUT2D eigenvalue weighted by atomic mass is 9.44. The number of piperidine rings is 1. The Morgan fingerprint density at radius 3 is 2.50 bits per heavy atom. The molecular formula is C32H44N2O8. The van der Waals surface area contributed by atoms with E-state index in [9.17, 15) is 19.8 Å². The molecule has 0 radical (unpaired) electrons. The fraction of sp³-hybridized carbons (Fsp3) is 0.750. The molecule has 0 aromatic heterocycles. The molecule has 10 nitrogen and oxygen atoms in total. The van der Waals surface area contributed by atoms with Crippen molar-refractivity contribution < 1.29 is 38.7 Å². The first-order chi connectivity index (χ1) is 20.1. The minimum Gasteiger partial charge on any atom is -0.454 e. The molecule has 6 aliphatic rings. The minimum absolute atomic E-state index is 0.0432. The molecule has 5 saturated carbocycles. The Labute approximate surface area is 247 Å². The lowest BCUT2D eigenvalue weighted by molar-refractivity contribution is -0.337. The van der Waals surface area contributed by atoms with Gasteiger partial charge in [0.2, 0.25) is 5.91 Å². The number of carbonyl (C=O) groups excluding carboxylic acids is 2. The second-order valence-corrected chi connectivity index (χ2v) is 13.7. The van der Waals surface area contributed by atoms with Gasteiger partial charge >= 0.3 is 5.97 Å². The maximum Gasteiger partial charge on any atom is 0.340 e. The van der Waals surface area contributed by atoms with Crippen LogP contribution in [-0.4, -0.2) is 103 Å². The number of hydrogen-bond acceptors (Lipinski definition) is 9. The molecule has 10 heteroatoms. The second-order valence-electron chi connectivity index (χ2n) is 13.7. The van der Waals surface area contributed by atoms with Crippen LogP contribution in [0.5, 0.6) is 0 Å². The summed E-state index contributed by atoms with van der Waals surface area (Å²) in [4.78, 5) is 28.3. The highest BCUT2D eigenvalue weighted by Crippen LogP contribution is 2.79. The molecule has 7 bridgehead atoms. The van der Waals surface area contributed by atoms with Gasteiger partial charge < -0.3 is 34.5 Å². The molecule has 1 aliphatic heterocycles. The average molecular weight is 585 g/mol. The number of anilines is 1. The van der Waals surface area contributed by atoms with Gasteiger partial charge in [-0.1, -0.05) is 19.1 Å². The minimum atomic E-state index is -1.48. The largest absolute Gasteiger partial charge is 0.454 e. The van der Waals surface area contributed by atoms with Crippen molar-refractivity contribution in [2.24, 2.45) is 29.1 Å². The van der Waals surface area contributed by atoms with Crippen molar-refractivity contribution in [2.45, 2.75) is 87.1 Å². The van der Waals surface area contributed by atoms with E-state index in [1.165, 1.54) is 6.92 Å². The van der Waals surface area contributed by atoms with E-state index in [1.807, 2.05) is 0 Å². The highest BCUT2D eigenvalue weighted by Gasteiger charge is 2.89. The number of nitrogens with zero attached hydrogens (tertiary/aromatic N) is 1. The van der Waals surface area contributed by atoms with Crippen LogP contribution in [0, 0.1) is 29.1 Å². The standard InChI is InChI=1S/C32H44N2O8/c1-6-34-16-29(42-28(36)18-9-7-8-10-21(18)33-17(2)35)12-11-25(40-4)31-23(29)14-20(26(31)34)30(37)15-22(39-3)19-13-24(31)32(30,38)27(19)41-5/h7-10,19-20,22-27,37-38H,6,11-16H2,1-5H3,(H,33,35)/t19-,20+,22+,23?,24?,25?,26-,27+,29+,30+,31+,32?/m1/s1. The molecule has 1 amide bonds. The molecule has 12 atom stereocenters. The van der Waals surface area contributed by atoms with Gasteiger partial charge in [-0.25, -0.2) is 4.79 Å². The van der Waals surface area contributed by atoms with Crippen molar-refractivity contribution in [3.8, 4) is 0 Å². The van der Waals surface area contributed by atoms with Gasteiger partial charge in [-0.2, -0.15) is 0 Å². The summed E-state index contributed by atoms with van der Waals surface area (Å²) in [6.07, 6.45) is 1.91. The summed E-state index contributed by atoms with van der Waals surface area (Å²) in [6.45, 7) is 4.79. The zero-order valence-corrected chi connectivity index (χ0v) is 25.2. The van der Waals surface area contributed by atoms with Crippen molar-refractivity contribution in [2.75, 3.05) is 39.7 Å². The number of nitrogens with one attached hydrogen (secondary N) is 1. The van der Waals surface area contributed by atoms with Gasteiger partial charge in [0.1, 0.15) is 16.8 Å². The first kappa shape index (κ1) is 28.7. The number of hydrogen-bond donors (Lipinski definition) is 3. The van der Waals surface area contributed by atoms with Crippen LogP contribution < -0.4 is 5.32 Å². The van der Waals surface area contributed by atoms with E-state index in [1.54, 1.807) is 45.6 Å². The SMILES string of the molecule is CCN1C[C@@]2(OC(=O)c3ccccc3NC(C)=O)CCC(OC)[C@@]34C5C[C@@H]6[C@@H](OC)C[C@](O)([C@@H](CC23)[C@@H]14)C5(O)[C@H]6OC. The van der Waals surface area contributed by atoms with Crippen LogP contribution in [0.4, 0.5) is 5.69 Å². The Morgan fingerprint density at radius 1 is 1.07 bits per heavy atom. The van der Waals surface area contributed by atoms with Gasteiger partial charge in [0, 0.05) is 76.3 Å². The number of carbonyl (C=O) groups is 2. The lowest BCUT2D eigenvalue weighted by Gasteiger charge is -2.70. The van der Waals surface area contributed by atoms with Crippen molar-refractivity contribution in [1.29, 1.82) is 0 Å². The first-order valence-corrected chi connectivity index (χ1v) is 15.4. The van der Waals surface area contributed by atoms with Crippen LogP contribution in [0.3, 0.4) is 0 Å². The predicted octanol–water partition coefficient (Wildman–Crippen LogP) is 2.22. The molecule has 230 valence electrons. The number of rotatable bonds is 7. The maximum absolute atomic E-state index is 14.0. The van der Waals surface area contributed by atoms with Gasteiger partial charge in [0.25, 0.3) is 0 Å². The van der Waals surface area contributed by atoms with Crippen molar-refractivity contribution >= 4 is 17.6 Å². The Morgan fingerprint density at radius 2 is 1.83 bits per heavy atom. The maximum atomic E-state index is 14.0. The van der Waals surface area contributed by atoms with Gasteiger partial charge in [0.15, 0.2) is 0 Å². The van der Waals surface area contributed by atoms with Crippen LogP contribution in [0.15, 0.2) is 24.3 Å². The molecule has 7 rings (SSSR count). The van der Waals surface area contributed by atoms with Gasteiger partial charge in [-0.3, -0.25) is 9.69 Å². The molecule has 1 aromatic rings. The fourth-order valence-electron chi connectivity index (χ4n) is 11.6. The molecule has 1 saturated heterocycles. The van der Waals surface area contributed by atoms with Gasteiger partial charge in [-0.15, -0.1) is 0 Å². The average Bonchev–Trinajstić information content (AvgIpc) is 3.39. The van der Waals surface area contributed by atoms with Crippen LogP contribution in [0.25, 0.3) is 0 Å². The number of para-hydroxylation sites is 1. The predicted molar refractivity (Wildman–Crippen MR) is 152 cm³/mol. The number of methoxy groups -OCH3 is 3. The Kier molecular flexibility index (Phi) is 6.46. The van der Waals surface area contributed by atoms with E-state index in [-0.39, 0.29) is 47.8 Å². The number of esters is 1. The third-order valence-corrected chi connectivity index (χ3v) is 12.6. The van der Waals surface area contributed by atoms with E-state index in [2.05, 4.69) is 17.1 Å². The molecule has 1 spiro atoms. The summed E-state index contributed by atoms with van der Waals surface area (Å²) in [6, 6.07) is 6.89. The molecule has 6 fully saturated rings. The quantitative estimate of drug-likeness (QED) is 0.414. The van der Waals surface area contributed by atoms with E-state index in [0.717, 1.165) is 0 Å². The third kappa shape index (κ3) is 3.21. The molecule has 5 aliphatic carbocycles. The van der Waals surface area contributed by atoms with Crippen LogP contribution in [-0.2, 0) is 23.7 Å². The first-order valence-electron chi connectivity index (χ1n) is 15.4.